The quantitative estimate of drug-likeness (QED) is 0.369. The molecule has 0 spiro atoms. The number of nitrogens with zero attached hydrogens (tertiary/aromatic N) is 1. The van der Waals surface area contributed by atoms with Crippen LogP contribution in [0.1, 0.15) is 17.0 Å². The van der Waals surface area contributed by atoms with Gasteiger partial charge in [-0.25, -0.2) is 4.79 Å². The van der Waals surface area contributed by atoms with Gasteiger partial charge in [-0.3, -0.25) is 0 Å². The maximum atomic E-state index is 12.2. The molecule has 1 unspecified atom stereocenters. The molecule has 1 atom stereocenters. The van der Waals surface area contributed by atoms with E-state index in [1.807, 2.05) is 24.3 Å². The molecular formula is C24H16BrClN2O4. The third-order valence-electron chi connectivity index (χ3n) is 4.79. The summed E-state index contributed by atoms with van der Waals surface area (Å²) in [6.07, 6.45) is 0. The summed E-state index contributed by atoms with van der Waals surface area (Å²) in [6.45, 7) is -0.317. The fraction of sp³-hybridized carbons (Fsp3) is 0.0833. The molecule has 0 bridgehead atoms. The summed E-state index contributed by atoms with van der Waals surface area (Å²) < 4.78 is 17.3. The molecule has 4 rings (SSSR count). The van der Waals surface area contributed by atoms with Gasteiger partial charge in [0.1, 0.15) is 28.9 Å². The zero-order valence-corrected chi connectivity index (χ0v) is 18.9. The first kappa shape index (κ1) is 21.8. The molecule has 3 aromatic rings. The number of rotatable bonds is 5. The standard InChI is InChI=1S/C24H16BrClN2O4/c25-15-5-3-4-14(10-15)23-17-9-8-16(11-21(17)32-24(28)18(23)12-27)31-22(29)13-30-20-7-2-1-6-19(20)26/h1-11,23H,13,28H2. The Bertz CT molecular complexity index is 1270. The number of halogens is 2. The van der Waals surface area contributed by atoms with E-state index in [1.54, 1.807) is 42.5 Å². The number of nitrogens with two attached hydrogens (primary N) is 1. The molecule has 1 heterocycles. The summed E-state index contributed by atoms with van der Waals surface area (Å²) in [6, 6.07) is 21.6. The highest BCUT2D eigenvalue weighted by Crippen LogP contribution is 2.43. The number of para-hydroxylation sites is 1. The van der Waals surface area contributed by atoms with Crippen molar-refractivity contribution in [1.82, 2.24) is 0 Å². The average molecular weight is 512 g/mol. The number of ether oxygens (including phenoxy) is 3. The normalized spacial score (nSPS) is 14.7. The Morgan fingerprint density at radius 2 is 1.97 bits per heavy atom. The molecule has 0 aromatic heterocycles. The molecular weight excluding hydrogens is 496 g/mol. The number of hydrogen-bond donors (Lipinski definition) is 1. The predicted octanol–water partition coefficient (Wildman–Crippen LogP) is 5.31. The first-order valence-electron chi connectivity index (χ1n) is 9.51. The predicted molar refractivity (Wildman–Crippen MR) is 122 cm³/mol. The number of carbonyl (C=O) groups is 1. The first-order chi connectivity index (χ1) is 15.5. The summed E-state index contributed by atoms with van der Waals surface area (Å²) in [4.78, 5) is 12.2. The van der Waals surface area contributed by atoms with Crippen LogP contribution in [-0.2, 0) is 4.79 Å². The second-order valence-electron chi connectivity index (χ2n) is 6.87. The van der Waals surface area contributed by atoms with E-state index in [4.69, 9.17) is 31.5 Å². The number of carbonyl (C=O) groups excluding carboxylic acids is 1. The van der Waals surface area contributed by atoms with E-state index in [1.165, 1.54) is 0 Å². The van der Waals surface area contributed by atoms with Crippen LogP contribution in [0.4, 0.5) is 0 Å². The lowest BCUT2D eigenvalue weighted by Gasteiger charge is -2.26. The van der Waals surface area contributed by atoms with Crippen LogP contribution in [0.25, 0.3) is 0 Å². The fourth-order valence-electron chi connectivity index (χ4n) is 3.39. The highest BCUT2D eigenvalue weighted by atomic mass is 79.9. The van der Waals surface area contributed by atoms with Crippen LogP contribution in [0, 0.1) is 11.3 Å². The van der Waals surface area contributed by atoms with Gasteiger partial charge in [-0.2, -0.15) is 5.26 Å². The molecule has 0 radical (unpaired) electrons. The second-order valence-corrected chi connectivity index (χ2v) is 8.20. The summed E-state index contributed by atoms with van der Waals surface area (Å²) in [5, 5.41) is 10.1. The minimum absolute atomic E-state index is 0.00973. The first-order valence-corrected chi connectivity index (χ1v) is 10.7. The summed E-state index contributed by atoms with van der Waals surface area (Å²) in [5.41, 5.74) is 7.96. The highest BCUT2D eigenvalue weighted by Gasteiger charge is 2.31. The molecule has 0 saturated carbocycles. The van der Waals surface area contributed by atoms with Crippen LogP contribution in [0.3, 0.4) is 0 Å². The lowest BCUT2D eigenvalue weighted by atomic mass is 9.83. The van der Waals surface area contributed by atoms with E-state index in [0.29, 0.717) is 22.1 Å². The summed E-state index contributed by atoms with van der Waals surface area (Å²) in [5.74, 6) is 0.0516. The SMILES string of the molecule is N#CC1=C(N)Oc2cc(OC(=O)COc3ccccc3Cl)ccc2C1c1cccc(Br)c1. The summed E-state index contributed by atoms with van der Waals surface area (Å²) in [7, 11) is 0. The zero-order valence-electron chi connectivity index (χ0n) is 16.5. The zero-order chi connectivity index (χ0) is 22.7. The third-order valence-corrected chi connectivity index (χ3v) is 5.59. The molecule has 0 amide bonds. The van der Waals surface area contributed by atoms with Crippen LogP contribution in [0.5, 0.6) is 17.2 Å². The molecule has 8 heteroatoms. The molecule has 2 N–H and O–H groups in total. The van der Waals surface area contributed by atoms with Crippen molar-refractivity contribution in [2.45, 2.75) is 5.92 Å². The van der Waals surface area contributed by atoms with E-state index in [9.17, 15) is 10.1 Å². The van der Waals surface area contributed by atoms with E-state index in [-0.39, 0.29) is 18.2 Å². The molecule has 1 aliphatic rings. The number of esters is 1. The van der Waals surface area contributed by atoms with Crippen molar-refractivity contribution in [3.63, 3.8) is 0 Å². The van der Waals surface area contributed by atoms with Gasteiger partial charge in [0, 0.05) is 16.1 Å². The van der Waals surface area contributed by atoms with Gasteiger partial charge in [-0.05, 0) is 35.9 Å². The van der Waals surface area contributed by atoms with Crippen molar-refractivity contribution < 1.29 is 19.0 Å². The Hall–Kier alpha value is -3.47. The Balaban J connectivity index is 1.56. The van der Waals surface area contributed by atoms with Gasteiger partial charge in [0.05, 0.1) is 10.9 Å². The van der Waals surface area contributed by atoms with Crippen LogP contribution in [-0.4, -0.2) is 12.6 Å². The monoisotopic (exact) mass is 510 g/mol. The number of benzene rings is 3. The molecule has 3 aromatic carbocycles. The van der Waals surface area contributed by atoms with Gasteiger partial charge in [0.2, 0.25) is 5.88 Å². The molecule has 0 saturated heterocycles. The van der Waals surface area contributed by atoms with E-state index >= 15 is 0 Å². The lowest BCUT2D eigenvalue weighted by molar-refractivity contribution is -0.136. The van der Waals surface area contributed by atoms with E-state index < -0.39 is 11.9 Å². The Kier molecular flexibility index (Phi) is 6.35. The van der Waals surface area contributed by atoms with Gasteiger partial charge in [-0.15, -0.1) is 0 Å². The smallest absolute Gasteiger partial charge is 0.349 e. The van der Waals surface area contributed by atoms with Crippen molar-refractivity contribution in [2.24, 2.45) is 5.73 Å². The van der Waals surface area contributed by atoms with E-state index in [0.717, 1.165) is 15.6 Å². The average Bonchev–Trinajstić information content (AvgIpc) is 2.77. The van der Waals surface area contributed by atoms with E-state index in [2.05, 4.69) is 22.0 Å². The second kappa shape index (κ2) is 9.35. The van der Waals surface area contributed by atoms with Gasteiger partial charge >= 0.3 is 5.97 Å². The van der Waals surface area contributed by atoms with Gasteiger partial charge in [-0.1, -0.05) is 57.9 Å². The molecule has 0 fully saturated rings. The largest absolute Gasteiger partial charge is 0.480 e. The van der Waals surface area contributed by atoms with Crippen molar-refractivity contribution in [1.29, 1.82) is 5.26 Å². The molecule has 6 nitrogen and oxygen atoms in total. The van der Waals surface area contributed by atoms with Crippen molar-refractivity contribution in [3.8, 4) is 23.3 Å². The number of nitriles is 1. The number of hydrogen-bond acceptors (Lipinski definition) is 6. The molecule has 0 aliphatic carbocycles. The van der Waals surface area contributed by atoms with Crippen molar-refractivity contribution in [3.05, 3.63) is 98.8 Å². The van der Waals surface area contributed by atoms with Crippen LogP contribution in [0.15, 0.2) is 82.7 Å². The minimum Gasteiger partial charge on any atom is -0.480 e. The molecule has 32 heavy (non-hydrogen) atoms. The summed E-state index contributed by atoms with van der Waals surface area (Å²) >= 11 is 9.48. The highest BCUT2D eigenvalue weighted by molar-refractivity contribution is 9.10. The molecule has 160 valence electrons. The Morgan fingerprint density at radius 3 is 2.72 bits per heavy atom. The topological polar surface area (TPSA) is 94.6 Å². The van der Waals surface area contributed by atoms with Crippen molar-refractivity contribution >= 4 is 33.5 Å². The third kappa shape index (κ3) is 4.57. The van der Waals surface area contributed by atoms with Crippen LogP contribution >= 0.6 is 27.5 Å². The minimum atomic E-state index is -0.606. The Morgan fingerprint density at radius 1 is 1.16 bits per heavy atom. The number of fused-ring (bicyclic) bond motifs is 1. The van der Waals surface area contributed by atoms with Crippen molar-refractivity contribution in [2.75, 3.05) is 6.61 Å². The molecule has 1 aliphatic heterocycles. The maximum absolute atomic E-state index is 12.2. The van der Waals surface area contributed by atoms with Gasteiger partial charge < -0.3 is 19.9 Å². The lowest BCUT2D eigenvalue weighted by Crippen LogP contribution is -2.21. The fourth-order valence-corrected chi connectivity index (χ4v) is 3.99. The van der Waals surface area contributed by atoms with Gasteiger partial charge in [0.25, 0.3) is 0 Å². The number of allylic oxidation sites excluding steroid dienone is 1. The Labute approximate surface area is 197 Å². The van der Waals surface area contributed by atoms with Crippen LogP contribution < -0.4 is 19.9 Å². The maximum Gasteiger partial charge on any atom is 0.349 e. The van der Waals surface area contributed by atoms with Gasteiger partial charge in [0.15, 0.2) is 6.61 Å². The van der Waals surface area contributed by atoms with Crippen LogP contribution in [0.2, 0.25) is 5.02 Å².